The SMILES string of the molecule is CCOc1ccc(-n2c(C)nnc2S[C@H](C[N+](=O)[O-])c2cc(Br)c(OCc3ccc(Cl)cc3Cl)c(OC)c2)cc1. The Kier molecular flexibility index (Phi) is 10.2. The van der Waals surface area contributed by atoms with Gasteiger partial charge in [0.2, 0.25) is 6.54 Å². The zero-order valence-corrected chi connectivity index (χ0v) is 25.7. The van der Waals surface area contributed by atoms with E-state index in [1.807, 2.05) is 42.7 Å². The predicted octanol–water partition coefficient (Wildman–Crippen LogP) is 7.74. The third-order valence-electron chi connectivity index (χ3n) is 5.77. The molecule has 1 aromatic heterocycles. The van der Waals surface area contributed by atoms with Crippen molar-refractivity contribution in [2.24, 2.45) is 0 Å². The second-order valence-corrected chi connectivity index (χ2v) is 11.3. The van der Waals surface area contributed by atoms with Gasteiger partial charge in [-0.25, -0.2) is 0 Å². The van der Waals surface area contributed by atoms with Crippen LogP contribution in [0.3, 0.4) is 0 Å². The Morgan fingerprint density at radius 1 is 1.10 bits per heavy atom. The van der Waals surface area contributed by atoms with Gasteiger partial charge >= 0.3 is 0 Å². The van der Waals surface area contributed by atoms with Crippen molar-refractivity contribution in [3.63, 3.8) is 0 Å². The van der Waals surface area contributed by atoms with Crippen LogP contribution in [0.15, 0.2) is 64.2 Å². The van der Waals surface area contributed by atoms with Gasteiger partial charge in [0.25, 0.3) is 0 Å². The van der Waals surface area contributed by atoms with Gasteiger partial charge in [-0.15, -0.1) is 10.2 Å². The first-order valence-electron chi connectivity index (χ1n) is 12.1. The van der Waals surface area contributed by atoms with E-state index in [2.05, 4.69) is 26.1 Å². The van der Waals surface area contributed by atoms with Gasteiger partial charge in [0.1, 0.15) is 23.4 Å². The second-order valence-electron chi connectivity index (χ2n) is 8.47. The normalized spacial score (nSPS) is 11.8. The van der Waals surface area contributed by atoms with Crippen LogP contribution in [0.5, 0.6) is 17.2 Å². The van der Waals surface area contributed by atoms with Gasteiger partial charge in [-0.3, -0.25) is 14.7 Å². The summed E-state index contributed by atoms with van der Waals surface area (Å²) in [4.78, 5) is 11.3. The fourth-order valence-corrected chi connectivity index (χ4v) is 6.09. The topological polar surface area (TPSA) is 102 Å². The van der Waals surface area contributed by atoms with Crippen LogP contribution in [0.1, 0.15) is 29.1 Å². The second kappa shape index (κ2) is 13.6. The third-order valence-corrected chi connectivity index (χ3v) is 8.13. The molecule has 3 aromatic carbocycles. The number of aryl methyl sites for hydroxylation is 1. The first-order chi connectivity index (χ1) is 19.2. The van der Waals surface area contributed by atoms with Crippen molar-refractivity contribution in [2.75, 3.05) is 20.3 Å². The quantitative estimate of drug-likeness (QED) is 0.0859. The van der Waals surface area contributed by atoms with E-state index >= 15 is 0 Å². The van der Waals surface area contributed by atoms with E-state index in [1.165, 1.54) is 18.9 Å². The summed E-state index contributed by atoms with van der Waals surface area (Å²) >= 11 is 17.1. The van der Waals surface area contributed by atoms with Gasteiger partial charge in [0, 0.05) is 26.2 Å². The van der Waals surface area contributed by atoms with Gasteiger partial charge < -0.3 is 14.2 Å². The third kappa shape index (κ3) is 7.20. The Labute approximate surface area is 254 Å². The molecular weight excluding hydrogens is 643 g/mol. The number of thioether (sulfide) groups is 1. The van der Waals surface area contributed by atoms with Crippen molar-refractivity contribution < 1.29 is 19.1 Å². The van der Waals surface area contributed by atoms with E-state index in [1.54, 1.807) is 30.3 Å². The molecule has 0 saturated carbocycles. The van der Waals surface area contributed by atoms with Crippen LogP contribution in [0.2, 0.25) is 10.0 Å². The number of hydrogen-bond acceptors (Lipinski definition) is 8. The maximum atomic E-state index is 11.7. The highest BCUT2D eigenvalue weighted by Gasteiger charge is 2.26. The molecule has 0 spiro atoms. The molecule has 0 unspecified atom stereocenters. The maximum absolute atomic E-state index is 11.7. The lowest BCUT2D eigenvalue weighted by molar-refractivity contribution is -0.479. The molecule has 13 heteroatoms. The van der Waals surface area contributed by atoms with Crippen molar-refractivity contribution in [1.29, 1.82) is 0 Å². The number of methoxy groups -OCH3 is 1. The van der Waals surface area contributed by atoms with Crippen LogP contribution in [0, 0.1) is 17.0 Å². The first kappa shape index (κ1) is 30.0. The fraction of sp³-hybridized carbons (Fsp3) is 0.259. The van der Waals surface area contributed by atoms with E-state index in [-0.39, 0.29) is 18.1 Å². The number of nitrogens with zero attached hydrogens (tertiary/aromatic N) is 4. The fourth-order valence-electron chi connectivity index (χ4n) is 3.90. The highest BCUT2D eigenvalue weighted by atomic mass is 79.9. The zero-order chi connectivity index (χ0) is 28.8. The summed E-state index contributed by atoms with van der Waals surface area (Å²) in [5.74, 6) is 2.24. The largest absolute Gasteiger partial charge is 0.494 e. The van der Waals surface area contributed by atoms with E-state index in [0.717, 1.165) is 17.0 Å². The number of nitro groups is 1. The summed E-state index contributed by atoms with van der Waals surface area (Å²) in [5, 5.41) is 21.2. The molecule has 9 nitrogen and oxygen atoms in total. The van der Waals surface area contributed by atoms with Crippen molar-refractivity contribution in [3.8, 4) is 22.9 Å². The molecule has 0 saturated heterocycles. The number of rotatable bonds is 12. The molecule has 4 rings (SSSR count). The Morgan fingerprint density at radius 2 is 1.85 bits per heavy atom. The van der Waals surface area contributed by atoms with Crippen LogP contribution >= 0.6 is 50.9 Å². The average Bonchev–Trinajstić information content (AvgIpc) is 3.28. The van der Waals surface area contributed by atoms with Crippen LogP contribution < -0.4 is 14.2 Å². The van der Waals surface area contributed by atoms with Crippen LogP contribution in [-0.2, 0) is 6.61 Å². The minimum absolute atomic E-state index is 0.169. The molecule has 0 fully saturated rings. The number of aromatic nitrogens is 3. The monoisotopic (exact) mass is 666 g/mol. The molecule has 0 amide bonds. The summed E-state index contributed by atoms with van der Waals surface area (Å²) in [6, 6.07) is 16.2. The summed E-state index contributed by atoms with van der Waals surface area (Å²) in [5.41, 5.74) is 2.22. The van der Waals surface area contributed by atoms with Crippen molar-refractivity contribution in [3.05, 3.63) is 96.2 Å². The molecule has 1 atom stereocenters. The first-order valence-corrected chi connectivity index (χ1v) is 14.5. The summed E-state index contributed by atoms with van der Waals surface area (Å²) in [6.07, 6.45) is 0. The lowest BCUT2D eigenvalue weighted by Crippen LogP contribution is -2.12. The molecule has 0 N–H and O–H groups in total. The maximum Gasteiger partial charge on any atom is 0.220 e. The molecule has 40 heavy (non-hydrogen) atoms. The molecule has 0 radical (unpaired) electrons. The van der Waals surface area contributed by atoms with Gasteiger partial charge in [-0.2, -0.15) is 0 Å². The summed E-state index contributed by atoms with van der Waals surface area (Å²) in [6.45, 7) is 4.13. The van der Waals surface area contributed by atoms with Gasteiger partial charge in [-0.1, -0.05) is 41.0 Å². The van der Waals surface area contributed by atoms with Crippen molar-refractivity contribution >= 4 is 50.9 Å². The van der Waals surface area contributed by atoms with Gasteiger partial charge in [0.05, 0.1) is 18.2 Å². The van der Waals surface area contributed by atoms with Crippen LogP contribution in [-0.4, -0.2) is 39.9 Å². The summed E-state index contributed by atoms with van der Waals surface area (Å²) < 4.78 is 19.6. The Hall–Kier alpha value is -2.99. The predicted molar refractivity (Wildman–Crippen MR) is 159 cm³/mol. The summed E-state index contributed by atoms with van der Waals surface area (Å²) in [7, 11) is 1.51. The molecule has 0 bridgehead atoms. The van der Waals surface area contributed by atoms with E-state index in [9.17, 15) is 10.1 Å². The number of benzene rings is 3. The Bertz CT molecular complexity index is 1500. The van der Waals surface area contributed by atoms with Gasteiger partial charge in [-0.05, 0) is 83.9 Å². The molecule has 0 aliphatic heterocycles. The highest BCUT2D eigenvalue weighted by Crippen LogP contribution is 2.43. The highest BCUT2D eigenvalue weighted by molar-refractivity contribution is 9.10. The molecular formula is C27H25BrCl2N4O5S. The van der Waals surface area contributed by atoms with E-state index < -0.39 is 5.25 Å². The smallest absolute Gasteiger partial charge is 0.220 e. The van der Waals surface area contributed by atoms with Gasteiger partial charge in [0.15, 0.2) is 16.7 Å². The number of ether oxygens (including phenoxy) is 3. The molecule has 0 aliphatic rings. The van der Waals surface area contributed by atoms with Crippen LogP contribution in [0.4, 0.5) is 0 Å². The Balaban J connectivity index is 1.63. The average molecular weight is 668 g/mol. The van der Waals surface area contributed by atoms with Crippen molar-refractivity contribution in [2.45, 2.75) is 30.9 Å². The number of hydrogen-bond donors (Lipinski definition) is 0. The van der Waals surface area contributed by atoms with E-state index in [0.29, 0.717) is 49.2 Å². The minimum atomic E-state index is -0.606. The Morgan fingerprint density at radius 3 is 2.50 bits per heavy atom. The standard InChI is InChI=1S/C27H25BrCl2N4O5S/c1-4-38-21-9-7-20(8-10-21)34-16(2)31-32-27(34)40-25(14-33(35)36)18-11-22(28)26(24(12-18)37-3)39-15-17-5-6-19(29)13-23(17)30/h5-13,25H,4,14-15H2,1-3H3/t25-/m1/s1. The lowest BCUT2D eigenvalue weighted by atomic mass is 10.1. The lowest BCUT2D eigenvalue weighted by Gasteiger charge is -2.18. The minimum Gasteiger partial charge on any atom is -0.494 e. The molecule has 210 valence electrons. The van der Waals surface area contributed by atoms with E-state index in [4.69, 9.17) is 37.4 Å². The number of halogens is 3. The zero-order valence-electron chi connectivity index (χ0n) is 21.8. The van der Waals surface area contributed by atoms with Crippen LogP contribution in [0.25, 0.3) is 5.69 Å². The molecule has 4 aromatic rings. The van der Waals surface area contributed by atoms with Crippen molar-refractivity contribution in [1.82, 2.24) is 14.8 Å². The molecule has 1 heterocycles. The molecule has 0 aliphatic carbocycles.